The maximum absolute atomic E-state index is 12.1. The fourth-order valence-electron chi connectivity index (χ4n) is 2.10. The van der Waals surface area contributed by atoms with Gasteiger partial charge in [0.05, 0.1) is 0 Å². The molecule has 0 aliphatic carbocycles. The van der Waals surface area contributed by atoms with E-state index in [0.29, 0.717) is 11.3 Å². The van der Waals surface area contributed by atoms with Gasteiger partial charge in [-0.15, -0.1) is 0 Å². The summed E-state index contributed by atoms with van der Waals surface area (Å²) in [6, 6.07) is 0. The molecule has 2 nitrogen and oxygen atoms in total. The van der Waals surface area contributed by atoms with Crippen molar-refractivity contribution in [2.75, 3.05) is 13.1 Å². The van der Waals surface area contributed by atoms with Gasteiger partial charge in [-0.3, -0.25) is 4.79 Å². The lowest BCUT2D eigenvalue weighted by atomic mass is 9.85. The number of likely N-dealkylation sites (tertiary alicyclic amines) is 1. The molecule has 0 spiro atoms. The largest absolute Gasteiger partial charge is 0.342 e. The normalized spacial score (nSPS) is 22.3. The van der Waals surface area contributed by atoms with Gasteiger partial charge in [0, 0.05) is 18.5 Å². The number of hydrogen-bond donors (Lipinski definition) is 0. The SMILES string of the molecule is CC1(C)CCCN(C(=O)C(C)(C)C)CC1. The van der Waals surface area contributed by atoms with E-state index in [1.165, 1.54) is 6.42 Å². The molecule has 1 fully saturated rings. The van der Waals surface area contributed by atoms with Crippen LogP contribution >= 0.6 is 0 Å². The first-order chi connectivity index (χ1) is 6.72. The highest BCUT2D eigenvalue weighted by Gasteiger charge is 2.30. The maximum atomic E-state index is 12.1. The molecule has 2 heteroatoms. The third-order valence-electron chi connectivity index (χ3n) is 3.27. The number of carbonyl (C=O) groups is 1. The molecule has 0 bridgehead atoms. The van der Waals surface area contributed by atoms with E-state index in [2.05, 4.69) is 18.7 Å². The molecule has 1 heterocycles. The van der Waals surface area contributed by atoms with E-state index < -0.39 is 0 Å². The van der Waals surface area contributed by atoms with Gasteiger partial charge in [0.25, 0.3) is 0 Å². The van der Waals surface area contributed by atoms with Crippen LogP contribution in [0.3, 0.4) is 0 Å². The van der Waals surface area contributed by atoms with Crippen molar-refractivity contribution in [3.05, 3.63) is 0 Å². The average Bonchev–Trinajstić information content (AvgIpc) is 2.23. The fourth-order valence-corrected chi connectivity index (χ4v) is 2.10. The molecule has 1 rings (SSSR count). The quantitative estimate of drug-likeness (QED) is 0.603. The van der Waals surface area contributed by atoms with Crippen LogP contribution in [0.1, 0.15) is 53.9 Å². The first-order valence-electron chi connectivity index (χ1n) is 6.02. The fraction of sp³-hybridized carbons (Fsp3) is 0.923. The number of rotatable bonds is 0. The monoisotopic (exact) mass is 211 g/mol. The summed E-state index contributed by atoms with van der Waals surface area (Å²) in [7, 11) is 0. The summed E-state index contributed by atoms with van der Waals surface area (Å²) in [6.07, 6.45) is 3.52. The molecular formula is C13H25NO. The molecule has 1 saturated heterocycles. The summed E-state index contributed by atoms with van der Waals surface area (Å²) < 4.78 is 0. The maximum Gasteiger partial charge on any atom is 0.227 e. The second-order valence-corrected chi connectivity index (χ2v) is 6.56. The molecule has 0 N–H and O–H groups in total. The Hall–Kier alpha value is -0.530. The standard InChI is InChI=1S/C13H25NO/c1-12(2,3)11(15)14-9-6-7-13(4,5)8-10-14/h6-10H2,1-5H3. The molecule has 0 unspecified atom stereocenters. The highest BCUT2D eigenvalue weighted by molar-refractivity contribution is 5.81. The lowest BCUT2D eigenvalue weighted by molar-refractivity contribution is -0.139. The van der Waals surface area contributed by atoms with E-state index in [-0.39, 0.29) is 5.41 Å². The van der Waals surface area contributed by atoms with Gasteiger partial charge in [0.1, 0.15) is 0 Å². The molecule has 1 aliphatic heterocycles. The number of hydrogen-bond acceptors (Lipinski definition) is 1. The van der Waals surface area contributed by atoms with Gasteiger partial charge in [-0.25, -0.2) is 0 Å². The van der Waals surface area contributed by atoms with Gasteiger partial charge < -0.3 is 4.90 Å². The van der Waals surface area contributed by atoms with Crippen molar-refractivity contribution in [2.24, 2.45) is 10.8 Å². The van der Waals surface area contributed by atoms with E-state index >= 15 is 0 Å². The Bertz CT molecular complexity index is 237. The van der Waals surface area contributed by atoms with Crippen LogP contribution in [-0.4, -0.2) is 23.9 Å². The van der Waals surface area contributed by atoms with Gasteiger partial charge in [-0.1, -0.05) is 34.6 Å². The van der Waals surface area contributed by atoms with Gasteiger partial charge in [-0.2, -0.15) is 0 Å². The van der Waals surface area contributed by atoms with Crippen molar-refractivity contribution < 1.29 is 4.79 Å². The van der Waals surface area contributed by atoms with Crippen molar-refractivity contribution in [2.45, 2.75) is 53.9 Å². The Kier molecular flexibility index (Phi) is 3.47. The first kappa shape index (κ1) is 12.5. The van der Waals surface area contributed by atoms with Crippen molar-refractivity contribution in [3.8, 4) is 0 Å². The smallest absolute Gasteiger partial charge is 0.227 e. The van der Waals surface area contributed by atoms with Crippen LogP contribution in [0.5, 0.6) is 0 Å². The molecule has 1 amide bonds. The van der Waals surface area contributed by atoms with Crippen molar-refractivity contribution >= 4 is 5.91 Å². The minimum absolute atomic E-state index is 0.228. The van der Waals surface area contributed by atoms with Crippen molar-refractivity contribution in [3.63, 3.8) is 0 Å². The van der Waals surface area contributed by atoms with Crippen LogP contribution in [-0.2, 0) is 4.79 Å². The van der Waals surface area contributed by atoms with Crippen LogP contribution in [0.2, 0.25) is 0 Å². The number of nitrogens with zero attached hydrogens (tertiary/aromatic N) is 1. The van der Waals surface area contributed by atoms with Crippen LogP contribution in [0, 0.1) is 10.8 Å². The third kappa shape index (κ3) is 3.51. The van der Waals surface area contributed by atoms with Crippen LogP contribution < -0.4 is 0 Å². The number of amides is 1. The zero-order valence-corrected chi connectivity index (χ0v) is 10.9. The molecule has 0 saturated carbocycles. The van der Waals surface area contributed by atoms with Crippen LogP contribution in [0.25, 0.3) is 0 Å². The zero-order chi connectivity index (χ0) is 11.7. The Labute approximate surface area is 94.0 Å². The molecule has 15 heavy (non-hydrogen) atoms. The lowest BCUT2D eigenvalue weighted by Gasteiger charge is -2.29. The predicted octanol–water partition coefficient (Wildman–Crippen LogP) is 3.07. The Morgan fingerprint density at radius 1 is 1.13 bits per heavy atom. The summed E-state index contributed by atoms with van der Waals surface area (Å²) in [4.78, 5) is 14.2. The van der Waals surface area contributed by atoms with Gasteiger partial charge in [0.15, 0.2) is 0 Å². The summed E-state index contributed by atoms with van der Waals surface area (Å²) in [6.45, 7) is 12.5. The molecular weight excluding hydrogens is 186 g/mol. The second kappa shape index (κ2) is 4.15. The average molecular weight is 211 g/mol. The van der Waals surface area contributed by atoms with E-state index in [1.807, 2.05) is 20.8 Å². The van der Waals surface area contributed by atoms with Crippen LogP contribution in [0.15, 0.2) is 0 Å². The topological polar surface area (TPSA) is 20.3 Å². The van der Waals surface area contributed by atoms with E-state index in [9.17, 15) is 4.79 Å². The third-order valence-corrected chi connectivity index (χ3v) is 3.27. The summed E-state index contributed by atoms with van der Waals surface area (Å²) in [5, 5.41) is 0. The van der Waals surface area contributed by atoms with E-state index in [4.69, 9.17) is 0 Å². The molecule has 0 aromatic rings. The van der Waals surface area contributed by atoms with E-state index in [1.54, 1.807) is 0 Å². The van der Waals surface area contributed by atoms with Gasteiger partial charge in [-0.05, 0) is 24.7 Å². The molecule has 0 atom stereocenters. The predicted molar refractivity (Wildman–Crippen MR) is 63.7 cm³/mol. The summed E-state index contributed by atoms with van der Waals surface area (Å²) in [5.41, 5.74) is 0.182. The number of carbonyl (C=O) groups excluding carboxylic acids is 1. The highest BCUT2D eigenvalue weighted by Crippen LogP contribution is 2.31. The zero-order valence-electron chi connectivity index (χ0n) is 10.9. The van der Waals surface area contributed by atoms with Gasteiger partial charge >= 0.3 is 0 Å². The Morgan fingerprint density at radius 3 is 2.27 bits per heavy atom. The van der Waals surface area contributed by atoms with E-state index in [0.717, 1.165) is 25.9 Å². The molecule has 0 aromatic carbocycles. The van der Waals surface area contributed by atoms with Crippen molar-refractivity contribution in [1.82, 2.24) is 4.90 Å². The first-order valence-corrected chi connectivity index (χ1v) is 6.02. The minimum atomic E-state index is -0.228. The summed E-state index contributed by atoms with van der Waals surface area (Å²) in [5.74, 6) is 0.306. The molecule has 0 radical (unpaired) electrons. The van der Waals surface area contributed by atoms with Gasteiger partial charge in [0.2, 0.25) is 5.91 Å². The highest BCUT2D eigenvalue weighted by atomic mass is 16.2. The molecule has 0 aromatic heterocycles. The Balaban J connectivity index is 2.62. The Morgan fingerprint density at radius 2 is 1.73 bits per heavy atom. The summed E-state index contributed by atoms with van der Waals surface area (Å²) >= 11 is 0. The minimum Gasteiger partial charge on any atom is -0.342 e. The van der Waals surface area contributed by atoms with Crippen LogP contribution in [0.4, 0.5) is 0 Å². The lowest BCUT2D eigenvalue weighted by Crippen LogP contribution is -2.40. The molecule has 88 valence electrons. The molecule has 1 aliphatic rings. The van der Waals surface area contributed by atoms with Crippen molar-refractivity contribution in [1.29, 1.82) is 0 Å². The second-order valence-electron chi connectivity index (χ2n) is 6.56.